The zero-order valence-electron chi connectivity index (χ0n) is 16.3. The van der Waals surface area contributed by atoms with Crippen molar-refractivity contribution in [3.63, 3.8) is 0 Å². The average Bonchev–Trinajstić information content (AvgIpc) is 2.51. The van der Waals surface area contributed by atoms with E-state index in [9.17, 15) is 0 Å². The van der Waals surface area contributed by atoms with Crippen LogP contribution < -0.4 is 0 Å². The van der Waals surface area contributed by atoms with Crippen LogP contribution in [0.2, 0.25) is 50.4 Å². The van der Waals surface area contributed by atoms with E-state index in [2.05, 4.69) is 99.9 Å². The Hall–Kier alpha value is -1.13. The minimum atomic E-state index is -1.26. The fourth-order valence-corrected chi connectivity index (χ4v) is 11.2. The van der Waals surface area contributed by atoms with Crippen molar-refractivity contribution in [2.75, 3.05) is 0 Å². The van der Waals surface area contributed by atoms with Gasteiger partial charge in [-0.3, -0.25) is 0 Å². The Morgan fingerprint density at radius 1 is 0.542 bits per heavy atom. The highest BCUT2D eigenvalue weighted by Gasteiger charge is 2.40. The molecule has 0 spiro atoms. The maximum Gasteiger partial charge on any atom is 0.0477 e. The van der Waals surface area contributed by atoms with Crippen LogP contribution in [-0.4, -0.2) is 16.1 Å². The van der Waals surface area contributed by atoms with Crippen molar-refractivity contribution >= 4 is 16.1 Å². The lowest BCUT2D eigenvalue weighted by Gasteiger charge is -2.42. The van der Waals surface area contributed by atoms with Gasteiger partial charge < -0.3 is 0 Å². The second-order valence-electron chi connectivity index (χ2n) is 9.32. The summed E-state index contributed by atoms with van der Waals surface area (Å²) in [7, 11) is -2.52. The molecule has 2 heteroatoms. The van der Waals surface area contributed by atoms with Gasteiger partial charge in [-0.05, 0) is 35.1 Å². The molecule has 0 nitrogen and oxygen atoms in total. The molecule has 2 aromatic rings. The van der Waals surface area contributed by atoms with E-state index >= 15 is 0 Å². The van der Waals surface area contributed by atoms with Crippen LogP contribution in [0, 0.1) is 0 Å². The predicted octanol–water partition coefficient (Wildman–Crippen LogP) is 6.89. The highest BCUT2D eigenvalue weighted by Crippen LogP contribution is 2.45. The molecule has 24 heavy (non-hydrogen) atoms. The molecular formula is C22H34Si2. The van der Waals surface area contributed by atoms with Gasteiger partial charge in [0, 0.05) is 16.1 Å². The third-order valence-electron chi connectivity index (χ3n) is 5.31. The first-order chi connectivity index (χ1) is 11.2. The highest BCUT2D eigenvalue weighted by atomic mass is 28.3. The molecule has 0 N–H and O–H groups in total. The van der Waals surface area contributed by atoms with Crippen LogP contribution in [0.4, 0.5) is 0 Å². The minimum Gasteiger partial charge on any atom is -0.0693 e. The first-order valence-electron chi connectivity index (χ1n) is 9.26. The van der Waals surface area contributed by atoms with Crippen molar-refractivity contribution in [1.29, 1.82) is 0 Å². The summed E-state index contributed by atoms with van der Waals surface area (Å²) < 4.78 is 0. The molecule has 2 rings (SSSR count). The Labute approximate surface area is 151 Å². The van der Waals surface area contributed by atoms with Gasteiger partial charge in [-0.25, -0.2) is 0 Å². The van der Waals surface area contributed by atoms with Crippen molar-refractivity contribution in [3.8, 4) is 0 Å². The van der Waals surface area contributed by atoms with Crippen LogP contribution in [0.25, 0.3) is 0 Å². The van der Waals surface area contributed by atoms with Gasteiger partial charge in [0.2, 0.25) is 0 Å². The second kappa shape index (κ2) is 7.84. The molecule has 0 radical (unpaired) electrons. The molecule has 0 amide bonds. The molecule has 130 valence electrons. The molecule has 2 atom stereocenters. The van der Waals surface area contributed by atoms with E-state index in [4.69, 9.17) is 0 Å². The topological polar surface area (TPSA) is 0 Å². The molecule has 0 saturated heterocycles. The Kier molecular flexibility index (Phi) is 6.27. The van der Waals surface area contributed by atoms with E-state index in [0.29, 0.717) is 0 Å². The first kappa shape index (κ1) is 19.2. The molecule has 2 aromatic carbocycles. The van der Waals surface area contributed by atoms with Gasteiger partial charge in [-0.1, -0.05) is 99.9 Å². The molecule has 0 fully saturated rings. The number of benzene rings is 2. The molecule has 0 aliphatic rings. The summed E-state index contributed by atoms with van der Waals surface area (Å²) in [6, 6.07) is 22.3. The normalized spacial score (nSPS) is 15.1. The lowest BCUT2D eigenvalue weighted by molar-refractivity contribution is 0.682. The van der Waals surface area contributed by atoms with Crippen LogP contribution >= 0.6 is 0 Å². The molecule has 2 unspecified atom stereocenters. The van der Waals surface area contributed by atoms with E-state index in [-0.39, 0.29) is 0 Å². The zero-order chi connectivity index (χ0) is 17.8. The Morgan fingerprint density at radius 2 is 0.833 bits per heavy atom. The van der Waals surface area contributed by atoms with Crippen molar-refractivity contribution in [1.82, 2.24) is 0 Å². The van der Waals surface area contributed by atoms with Gasteiger partial charge >= 0.3 is 0 Å². The Balaban J connectivity index is 2.34. The SMILES string of the molecule is C[Si](C)(C)C(Cc1ccccc1)C(Cc1ccccc1)[Si](C)(C)C. The van der Waals surface area contributed by atoms with E-state index < -0.39 is 16.1 Å². The lowest BCUT2D eigenvalue weighted by atomic mass is 10.0. The van der Waals surface area contributed by atoms with Crippen LogP contribution in [0.1, 0.15) is 11.1 Å². The van der Waals surface area contributed by atoms with Gasteiger partial charge in [0.25, 0.3) is 0 Å². The largest absolute Gasteiger partial charge is 0.0693 e. The quantitative estimate of drug-likeness (QED) is 0.475. The zero-order valence-corrected chi connectivity index (χ0v) is 18.3. The molecule has 0 aliphatic carbocycles. The number of hydrogen-bond donors (Lipinski definition) is 0. The average molecular weight is 355 g/mol. The van der Waals surface area contributed by atoms with Crippen molar-refractivity contribution in [2.45, 2.75) is 63.2 Å². The smallest absolute Gasteiger partial charge is 0.0477 e. The molecule has 0 heterocycles. The Bertz CT molecular complexity index is 548. The predicted molar refractivity (Wildman–Crippen MR) is 114 cm³/mol. The highest BCUT2D eigenvalue weighted by molar-refractivity contribution is 6.83. The summed E-state index contributed by atoms with van der Waals surface area (Å²) in [6.45, 7) is 15.4. The maximum atomic E-state index is 2.57. The van der Waals surface area contributed by atoms with Crippen LogP contribution in [0.5, 0.6) is 0 Å². The van der Waals surface area contributed by atoms with Crippen molar-refractivity contribution < 1.29 is 0 Å². The van der Waals surface area contributed by atoms with Crippen molar-refractivity contribution in [2.24, 2.45) is 0 Å². The van der Waals surface area contributed by atoms with Gasteiger partial charge in [0.15, 0.2) is 0 Å². The monoisotopic (exact) mass is 354 g/mol. The number of rotatable bonds is 7. The summed E-state index contributed by atoms with van der Waals surface area (Å²) in [6.07, 6.45) is 2.50. The van der Waals surface area contributed by atoms with Crippen molar-refractivity contribution in [3.05, 3.63) is 71.8 Å². The fraction of sp³-hybridized carbons (Fsp3) is 0.455. The van der Waals surface area contributed by atoms with Gasteiger partial charge in [-0.15, -0.1) is 0 Å². The minimum absolute atomic E-state index is 0.840. The number of hydrogen-bond acceptors (Lipinski definition) is 0. The second-order valence-corrected chi connectivity index (χ2v) is 20.3. The third-order valence-corrected chi connectivity index (χ3v) is 11.3. The van der Waals surface area contributed by atoms with E-state index in [1.807, 2.05) is 0 Å². The van der Waals surface area contributed by atoms with Gasteiger partial charge in [0.1, 0.15) is 0 Å². The fourth-order valence-electron chi connectivity index (χ4n) is 3.84. The summed E-state index contributed by atoms with van der Waals surface area (Å²) in [5.74, 6) is 0. The maximum absolute atomic E-state index is 2.57. The first-order valence-corrected chi connectivity index (χ1v) is 16.4. The van der Waals surface area contributed by atoms with Crippen LogP contribution in [0.3, 0.4) is 0 Å². The summed E-state index contributed by atoms with van der Waals surface area (Å²) >= 11 is 0. The van der Waals surface area contributed by atoms with Gasteiger partial charge in [-0.2, -0.15) is 0 Å². The molecule has 0 aliphatic heterocycles. The summed E-state index contributed by atoms with van der Waals surface area (Å²) in [5.41, 5.74) is 4.71. The molecule has 0 saturated carbocycles. The third kappa shape index (κ3) is 5.46. The Morgan fingerprint density at radius 3 is 1.08 bits per heavy atom. The van der Waals surface area contributed by atoms with E-state index in [1.54, 1.807) is 0 Å². The standard InChI is InChI=1S/C22H34Si2/c1-23(2,3)21(17-19-13-9-7-10-14-19)22(24(4,5)6)18-20-15-11-8-12-16-20/h7-16,21-22H,17-18H2,1-6H3. The van der Waals surface area contributed by atoms with Crippen LogP contribution in [-0.2, 0) is 12.8 Å². The summed E-state index contributed by atoms with van der Waals surface area (Å²) in [5, 5.41) is 0. The summed E-state index contributed by atoms with van der Waals surface area (Å²) in [4.78, 5) is 0. The van der Waals surface area contributed by atoms with E-state index in [0.717, 1.165) is 11.1 Å². The molecule has 0 bridgehead atoms. The lowest BCUT2D eigenvalue weighted by Crippen LogP contribution is -2.42. The molecular weight excluding hydrogens is 320 g/mol. The molecule has 0 aromatic heterocycles. The van der Waals surface area contributed by atoms with Gasteiger partial charge in [0.05, 0.1) is 0 Å². The van der Waals surface area contributed by atoms with Crippen LogP contribution in [0.15, 0.2) is 60.7 Å². The van der Waals surface area contributed by atoms with E-state index in [1.165, 1.54) is 24.0 Å².